The summed E-state index contributed by atoms with van der Waals surface area (Å²) in [5, 5.41) is 9.51. The normalized spacial score (nSPS) is 15.8. The molecule has 1 aliphatic heterocycles. The molecule has 1 N–H and O–H groups in total. The molecule has 6 heteroatoms. The molecule has 1 fully saturated rings. The number of aromatic nitrogens is 1. The highest BCUT2D eigenvalue weighted by Crippen LogP contribution is 2.25. The van der Waals surface area contributed by atoms with Crippen molar-refractivity contribution in [2.45, 2.75) is 20.3 Å². The van der Waals surface area contributed by atoms with E-state index in [1.165, 1.54) is 11.3 Å². The predicted octanol–water partition coefficient (Wildman–Crippen LogP) is 1.31. The number of carboxylic acids is 1. The summed E-state index contributed by atoms with van der Waals surface area (Å²) >= 11 is 1.40. The van der Waals surface area contributed by atoms with Crippen LogP contribution in [0.25, 0.3) is 0 Å². The lowest BCUT2D eigenvalue weighted by Crippen LogP contribution is -2.50. The minimum Gasteiger partial charge on any atom is -0.481 e. The smallest absolute Gasteiger partial charge is 0.303 e. The SMILES string of the molecule is Cc1nc(C)c(C(=O)N2CC(CC(=O)O)C2)s1. The van der Waals surface area contributed by atoms with Crippen LogP contribution in [0.5, 0.6) is 0 Å². The number of carboxylic acid groups (broad SMARTS) is 1. The Morgan fingerprint density at radius 2 is 2.12 bits per heavy atom. The molecule has 0 aliphatic carbocycles. The summed E-state index contributed by atoms with van der Waals surface area (Å²) in [6, 6.07) is 0. The fraction of sp³-hybridized carbons (Fsp3) is 0.545. The van der Waals surface area contributed by atoms with Gasteiger partial charge in [0.05, 0.1) is 17.1 Å². The summed E-state index contributed by atoms with van der Waals surface area (Å²) in [7, 11) is 0. The average molecular weight is 254 g/mol. The van der Waals surface area contributed by atoms with Gasteiger partial charge in [0.15, 0.2) is 0 Å². The number of nitrogens with zero attached hydrogens (tertiary/aromatic N) is 2. The van der Waals surface area contributed by atoms with Gasteiger partial charge in [-0.15, -0.1) is 11.3 Å². The van der Waals surface area contributed by atoms with E-state index in [1.807, 2.05) is 13.8 Å². The first-order valence-corrected chi connectivity index (χ1v) is 6.24. The zero-order valence-corrected chi connectivity index (χ0v) is 10.6. The number of amides is 1. The summed E-state index contributed by atoms with van der Waals surface area (Å²) in [5.41, 5.74) is 0.763. The molecule has 1 amide bonds. The largest absolute Gasteiger partial charge is 0.481 e. The van der Waals surface area contributed by atoms with Crippen LogP contribution in [0.2, 0.25) is 0 Å². The van der Waals surface area contributed by atoms with Crippen molar-refractivity contribution in [1.29, 1.82) is 0 Å². The maximum atomic E-state index is 12.0. The Bertz CT molecular complexity index is 463. The van der Waals surface area contributed by atoms with Crippen molar-refractivity contribution in [3.05, 3.63) is 15.6 Å². The van der Waals surface area contributed by atoms with Gasteiger partial charge in [0.1, 0.15) is 4.88 Å². The Hall–Kier alpha value is -1.43. The lowest BCUT2D eigenvalue weighted by atomic mass is 9.96. The number of likely N-dealkylation sites (tertiary alicyclic amines) is 1. The Morgan fingerprint density at radius 1 is 1.47 bits per heavy atom. The van der Waals surface area contributed by atoms with Crippen LogP contribution in [0.4, 0.5) is 0 Å². The van der Waals surface area contributed by atoms with E-state index in [-0.39, 0.29) is 18.2 Å². The van der Waals surface area contributed by atoms with Gasteiger partial charge in [0.2, 0.25) is 0 Å². The first-order chi connectivity index (χ1) is 7.97. The maximum absolute atomic E-state index is 12.0. The number of hydrogen-bond donors (Lipinski definition) is 1. The molecular weight excluding hydrogens is 240 g/mol. The van der Waals surface area contributed by atoms with Crippen LogP contribution >= 0.6 is 11.3 Å². The van der Waals surface area contributed by atoms with Crippen molar-refractivity contribution in [3.8, 4) is 0 Å². The quantitative estimate of drug-likeness (QED) is 0.882. The molecule has 2 rings (SSSR count). The number of aliphatic carboxylic acids is 1. The average Bonchev–Trinajstić information content (AvgIpc) is 2.49. The molecule has 2 heterocycles. The number of carbonyl (C=O) groups excluding carboxylic acids is 1. The van der Waals surface area contributed by atoms with E-state index in [0.29, 0.717) is 18.0 Å². The molecule has 92 valence electrons. The Labute approximate surface area is 103 Å². The van der Waals surface area contributed by atoms with Gasteiger partial charge in [-0.3, -0.25) is 9.59 Å². The minimum absolute atomic E-state index is 0.0188. The minimum atomic E-state index is -0.799. The van der Waals surface area contributed by atoms with Crippen molar-refractivity contribution in [1.82, 2.24) is 9.88 Å². The fourth-order valence-electron chi connectivity index (χ4n) is 1.99. The van der Waals surface area contributed by atoms with E-state index in [4.69, 9.17) is 5.11 Å². The Kier molecular flexibility index (Phi) is 3.15. The summed E-state index contributed by atoms with van der Waals surface area (Å²) in [5.74, 6) is -0.715. The van der Waals surface area contributed by atoms with Crippen molar-refractivity contribution in [3.63, 3.8) is 0 Å². The monoisotopic (exact) mass is 254 g/mol. The van der Waals surface area contributed by atoms with Crippen LogP contribution < -0.4 is 0 Å². The molecule has 0 spiro atoms. The van der Waals surface area contributed by atoms with Gasteiger partial charge in [0.25, 0.3) is 5.91 Å². The maximum Gasteiger partial charge on any atom is 0.303 e. The summed E-state index contributed by atoms with van der Waals surface area (Å²) in [6.45, 7) is 4.78. The third-order valence-corrected chi connectivity index (χ3v) is 3.87. The van der Waals surface area contributed by atoms with Crippen molar-refractivity contribution >= 4 is 23.2 Å². The second kappa shape index (κ2) is 4.44. The van der Waals surface area contributed by atoms with Crippen molar-refractivity contribution in [2.75, 3.05) is 13.1 Å². The second-order valence-corrected chi connectivity index (χ2v) is 5.52. The fourth-order valence-corrected chi connectivity index (χ4v) is 2.87. The van der Waals surface area contributed by atoms with Gasteiger partial charge in [-0.25, -0.2) is 4.98 Å². The van der Waals surface area contributed by atoms with Gasteiger partial charge in [0, 0.05) is 19.0 Å². The molecule has 0 aromatic carbocycles. The predicted molar refractivity (Wildman–Crippen MR) is 63.2 cm³/mol. The van der Waals surface area contributed by atoms with Gasteiger partial charge in [-0.2, -0.15) is 0 Å². The van der Waals surface area contributed by atoms with Crippen molar-refractivity contribution in [2.24, 2.45) is 5.92 Å². The van der Waals surface area contributed by atoms with Gasteiger partial charge < -0.3 is 10.0 Å². The zero-order valence-electron chi connectivity index (χ0n) is 9.77. The van der Waals surface area contributed by atoms with Crippen LogP contribution in [-0.2, 0) is 4.79 Å². The highest BCUT2D eigenvalue weighted by Gasteiger charge is 2.33. The van der Waals surface area contributed by atoms with E-state index in [2.05, 4.69) is 4.98 Å². The van der Waals surface area contributed by atoms with E-state index in [0.717, 1.165) is 10.7 Å². The standard InChI is InChI=1S/C11H14N2O3S/c1-6-10(17-7(2)12-6)11(16)13-4-8(5-13)3-9(14)15/h8H,3-5H2,1-2H3,(H,14,15). The zero-order chi connectivity index (χ0) is 12.6. The first-order valence-electron chi connectivity index (χ1n) is 5.42. The lowest BCUT2D eigenvalue weighted by Gasteiger charge is -2.38. The van der Waals surface area contributed by atoms with E-state index in [9.17, 15) is 9.59 Å². The molecule has 0 bridgehead atoms. The second-order valence-electron chi connectivity index (χ2n) is 4.32. The lowest BCUT2D eigenvalue weighted by molar-refractivity contribution is -0.139. The molecule has 0 saturated carbocycles. The molecule has 0 atom stereocenters. The molecule has 0 radical (unpaired) electrons. The first kappa shape index (κ1) is 12.0. The number of hydrogen-bond acceptors (Lipinski definition) is 4. The van der Waals surface area contributed by atoms with E-state index < -0.39 is 5.97 Å². The van der Waals surface area contributed by atoms with Crippen LogP contribution in [-0.4, -0.2) is 40.0 Å². The van der Waals surface area contributed by atoms with Gasteiger partial charge >= 0.3 is 5.97 Å². The third-order valence-electron chi connectivity index (χ3n) is 2.81. The molecule has 0 unspecified atom stereocenters. The topological polar surface area (TPSA) is 70.5 Å². The highest BCUT2D eigenvalue weighted by atomic mass is 32.1. The van der Waals surface area contributed by atoms with Gasteiger partial charge in [-0.1, -0.05) is 0 Å². The Morgan fingerprint density at radius 3 is 2.59 bits per heavy atom. The third kappa shape index (κ3) is 2.46. The van der Waals surface area contributed by atoms with Gasteiger partial charge in [-0.05, 0) is 13.8 Å². The van der Waals surface area contributed by atoms with Crippen molar-refractivity contribution < 1.29 is 14.7 Å². The highest BCUT2D eigenvalue weighted by molar-refractivity contribution is 7.13. The molecule has 1 aromatic heterocycles. The number of carbonyl (C=O) groups is 2. The van der Waals surface area contributed by atoms with E-state index >= 15 is 0 Å². The Balaban J connectivity index is 1.95. The van der Waals surface area contributed by atoms with E-state index in [1.54, 1.807) is 4.90 Å². The summed E-state index contributed by atoms with van der Waals surface area (Å²) < 4.78 is 0. The van der Waals surface area contributed by atoms with Crippen LogP contribution in [0.1, 0.15) is 26.8 Å². The molecule has 1 aromatic rings. The van der Waals surface area contributed by atoms with Crippen LogP contribution in [0.3, 0.4) is 0 Å². The summed E-state index contributed by atoms with van der Waals surface area (Å²) in [4.78, 5) is 29.1. The van der Waals surface area contributed by atoms with Crippen LogP contribution in [0, 0.1) is 19.8 Å². The molecule has 1 saturated heterocycles. The number of aryl methyl sites for hydroxylation is 2. The number of rotatable bonds is 3. The summed E-state index contributed by atoms with van der Waals surface area (Å²) in [6.07, 6.45) is 0.143. The number of thiazole rings is 1. The van der Waals surface area contributed by atoms with Crippen LogP contribution in [0.15, 0.2) is 0 Å². The molecule has 5 nitrogen and oxygen atoms in total. The molecule has 1 aliphatic rings. The molecular formula is C11H14N2O3S. The molecule has 17 heavy (non-hydrogen) atoms.